The van der Waals surface area contributed by atoms with Gasteiger partial charge in [-0.15, -0.1) is 0 Å². The summed E-state index contributed by atoms with van der Waals surface area (Å²) in [6.45, 7) is 1.91. The van der Waals surface area contributed by atoms with Crippen molar-refractivity contribution in [2.75, 3.05) is 11.9 Å². The smallest absolute Gasteiger partial charge is 0.162 e. The molecule has 1 saturated carbocycles. The normalized spacial score (nSPS) is 16.9. The molecular formula is C17H25NO. The summed E-state index contributed by atoms with van der Waals surface area (Å²) in [5, 5.41) is 0. The van der Waals surface area contributed by atoms with E-state index in [-0.39, 0.29) is 5.78 Å². The second-order valence-electron chi connectivity index (χ2n) is 5.58. The Morgan fingerprint density at radius 2 is 1.68 bits per heavy atom. The molecule has 19 heavy (non-hydrogen) atoms. The van der Waals surface area contributed by atoms with Gasteiger partial charge in [-0.25, -0.2) is 0 Å². The number of benzene rings is 1. The number of hydrogen-bond acceptors (Lipinski definition) is 2. The Bertz CT molecular complexity index is 402. The summed E-state index contributed by atoms with van der Waals surface area (Å²) in [6, 6.07) is 8.78. The highest BCUT2D eigenvalue weighted by Crippen LogP contribution is 2.25. The van der Waals surface area contributed by atoms with Crippen LogP contribution in [0.15, 0.2) is 24.3 Å². The summed E-state index contributed by atoms with van der Waals surface area (Å²) in [6.07, 6.45) is 8.64. The standard InChI is InChI=1S/C17H25NO/c1-3-17(19)14-10-12-16(13-11-14)18(2)15-8-6-4-5-7-9-15/h10-13,15H,3-9H2,1-2H3. The Hall–Kier alpha value is -1.31. The first-order valence-corrected chi connectivity index (χ1v) is 7.58. The Morgan fingerprint density at radius 3 is 2.21 bits per heavy atom. The lowest BCUT2D eigenvalue weighted by atomic mass is 10.1. The molecule has 0 bridgehead atoms. The fourth-order valence-corrected chi connectivity index (χ4v) is 2.94. The van der Waals surface area contributed by atoms with E-state index in [2.05, 4.69) is 24.1 Å². The van der Waals surface area contributed by atoms with E-state index >= 15 is 0 Å². The lowest BCUT2D eigenvalue weighted by Gasteiger charge is -2.29. The van der Waals surface area contributed by atoms with E-state index in [0.717, 1.165) is 5.56 Å². The zero-order valence-electron chi connectivity index (χ0n) is 12.2. The van der Waals surface area contributed by atoms with E-state index in [1.165, 1.54) is 44.2 Å². The molecule has 0 heterocycles. The third-order valence-corrected chi connectivity index (χ3v) is 4.29. The van der Waals surface area contributed by atoms with E-state index in [1.807, 2.05) is 19.1 Å². The van der Waals surface area contributed by atoms with Gasteiger partial charge in [-0.3, -0.25) is 4.79 Å². The van der Waals surface area contributed by atoms with E-state index in [1.54, 1.807) is 0 Å². The molecule has 0 aliphatic heterocycles. The number of anilines is 1. The summed E-state index contributed by atoms with van der Waals surface area (Å²) >= 11 is 0. The van der Waals surface area contributed by atoms with Crippen LogP contribution in [0.4, 0.5) is 5.69 Å². The number of carbonyl (C=O) groups excluding carboxylic acids is 1. The molecule has 0 saturated heterocycles. The molecule has 0 unspecified atom stereocenters. The van der Waals surface area contributed by atoms with Crippen molar-refractivity contribution >= 4 is 11.5 Å². The van der Waals surface area contributed by atoms with Crippen molar-refractivity contribution in [3.05, 3.63) is 29.8 Å². The zero-order valence-corrected chi connectivity index (χ0v) is 12.2. The van der Waals surface area contributed by atoms with Crippen LogP contribution in [-0.2, 0) is 0 Å². The average Bonchev–Trinajstić information content (AvgIpc) is 2.75. The monoisotopic (exact) mass is 259 g/mol. The summed E-state index contributed by atoms with van der Waals surface area (Å²) in [7, 11) is 2.19. The van der Waals surface area contributed by atoms with Crippen molar-refractivity contribution in [2.45, 2.75) is 57.9 Å². The van der Waals surface area contributed by atoms with Gasteiger partial charge in [0.05, 0.1) is 0 Å². The van der Waals surface area contributed by atoms with Crippen LogP contribution in [-0.4, -0.2) is 18.9 Å². The van der Waals surface area contributed by atoms with Gasteiger partial charge < -0.3 is 4.90 Å². The number of Topliss-reactive ketones (excluding diaryl/α,β-unsaturated/α-hetero) is 1. The molecule has 1 fully saturated rings. The van der Waals surface area contributed by atoms with Gasteiger partial charge in [-0.2, -0.15) is 0 Å². The van der Waals surface area contributed by atoms with Crippen LogP contribution in [0.2, 0.25) is 0 Å². The fraction of sp³-hybridized carbons (Fsp3) is 0.588. The van der Waals surface area contributed by atoms with Crippen LogP contribution in [0, 0.1) is 0 Å². The number of ketones is 1. The summed E-state index contributed by atoms with van der Waals surface area (Å²) < 4.78 is 0. The highest BCUT2D eigenvalue weighted by molar-refractivity contribution is 5.96. The minimum absolute atomic E-state index is 0.226. The predicted octanol–water partition coefficient (Wildman–Crippen LogP) is 4.44. The Balaban J connectivity index is 2.05. The lowest BCUT2D eigenvalue weighted by molar-refractivity contribution is 0.0988. The van der Waals surface area contributed by atoms with Crippen molar-refractivity contribution in [3.63, 3.8) is 0 Å². The quantitative estimate of drug-likeness (QED) is 0.588. The van der Waals surface area contributed by atoms with Gasteiger partial charge in [0.25, 0.3) is 0 Å². The van der Waals surface area contributed by atoms with Gasteiger partial charge in [0.15, 0.2) is 5.78 Å². The molecule has 0 atom stereocenters. The molecule has 2 rings (SSSR count). The molecule has 2 nitrogen and oxygen atoms in total. The molecule has 104 valence electrons. The van der Waals surface area contributed by atoms with Gasteiger partial charge in [0, 0.05) is 30.8 Å². The van der Waals surface area contributed by atoms with E-state index in [9.17, 15) is 4.79 Å². The van der Waals surface area contributed by atoms with Gasteiger partial charge in [0.2, 0.25) is 0 Å². The zero-order chi connectivity index (χ0) is 13.7. The molecule has 1 aliphatic rings. The van der Waals surface area contributed by atoms with Gasteiger partial charge in [-0.05, 0) is 37.1 Å². The first-order valence-electron chi connectivity index (χ1n) is 7.58. The minimum Gasteiger partial charge on any atom is -0.372 e. The van der Waals surface area contributed by atoms with E-state index < -0.39 is 0 Å². The van der Waals surface area contributed by atoms with Crippen molar-refractivity contribution < 1.29 is 4.79 Å². The molecule has 2 heteroatoms. The predicted molar refractivity (Wildman–Crippen MR) is 81.0 cm³/mol. The molecule has 0 amide bonds. The third-order valence-electron chi connectivity index (χ3n) is 4.29. The second-order valence-corrected chi connectivity index (χ2v) is 5.58. The van der Waals surface area contributed by atoms with Crippen molar-refractivity contribution in [3.8, 4) is 0 Å². The number of nitrogens with zero attached hydrogens (tertiary/aromatic N) is 1. The maximum absolute atomic E-state index is 11.6. The molecule has 1 aliphatic carbocycles. The van der Waals surface area contributed by atoms with Gasteiger partial charge in [0.1, 0.15) is 0 Å². The van der Waals surface area contributed by atoms with Crippen molar-refractivity contribution in [2.24, 2.45) is 0 Å². The number of rotatable bonds is 4. The highest BCUT2D eigenvalue weighted by atomic mass is 16.1. The Morgan fingerprint density at radius 1 is 1.11 bits per heavy atom. The topological polar surface area (TPSA) is 20.3 Å². The summed E-state index contributed by atoms with van der Waals surface area (Å²) in [5.74, 6) is 0.226. The summed E-state index contributed by atoms with van der Waals surface area (Å²) in [5.41, 5.74) is 2.07. The summed E-state index contributed by atoms with van der Waals surface area (Å²) in [4.78, 5) is 14.0. The van der Waals surface area contributed by atoms with Crippen molar-refractivity contribution in [1.29, 1.82) is 0 Å². The first kappa shape index (κ1) is 14.1. The fourth-order valence-electron chi connectivity index (χ4n) is 2.94. The maximum Gasteiger partial charge on any atom is 0.162 e. The highest BCUT2D eigenvalue weighted by Gasteiger charge is 2.17. The molecule has 0 aromatic heterocycles. The van der Waals surface area contributed by atoms with Crippen LogP contribution in [0.1, 0.15) is 62.2 Å². The Labute approximate surface area is 116 Å². The van der Waals surface area contributed by atoms with Gasteiger partial charge >= 0.3 is 0 Å². The third kappa shape index (κ3) is 3.59. The SMILES string of the molecule is CCC(=O)c1ccc(N(C)C2CCCCCC2)cc1. The maximum atomic E-state index is 11.6. The largest absolute Gasteiger partial charge is 0.372 e. The molecule has 0 radical (unpaired) electrons. The minimum atomic E-state index is 0.226. The number of hydrogen-bond donors (Lipinski definition) is 0. The van der Waals surface area contributed by atoms with Crippen LogP contribution < -0.4 is 4.90 Å². The van der Waals surface area contributed by atoms with Gasteiger partial charge in [-0.1, -0.05) is 32.6 Å². The molecule has 0 spiro atoms. The van der Waals surface area contributed by atoms with Crippen LogP contribution in [0.5, 0.6) is 0 Å². The average molecular weight is 259 g/mol. The van der Waals surface area contributed by atoms with Crippen LogP contribution in [0.3, 0.4) is 0 Å². The molecule has 1 aromatic rings. The second kappa shape index (κ2) is 6.74. The lowest BCUT2D eigenvalue weighted by Crippen LogP contribution is -2.30. The van der Waals surface area contributed by atoms with Crippen LogP contribution >= 0.6 is 0 Å². The van der Waals surface area contributed by atoms with Crippen molar-refractivity contribution in [1.82, 2.24) is 0 Å². The molecular weight excluding hydrogens is 234 g/mol. The first-order chi connectivity index (χ1) is 9.22. The Kier molecular flexibility index (Phi) is 5.00. The van der Waals surface area contributed by atoms with E-state index in [4.69, 9.17) is 0 Å². The molecule has 0 N–H and O–H groups in total. The van der Waals surface area contributed by atoms with E-state index in [0.29, 0.717) is 12.5 Å². The molecule has 1 aromatic carbocycles. The van der Waals surface area contributed by atoms with Crippen LogP contribution in [0.25, 0.3) is 0 Å². The number of carbonyl (C=O) groups is 1.